The summed E-state index contributed by atoms with van der Waals surface area (Å²) in [7, 11) is 2.93. The van der Waals surface area contributed by atoms with Gasteiger partial charge in [0.2, 0.25) is 5.91 Å². The van der Waals surface area contributed by atoms with Gasteiger partial charge in [-0.1, -0.05) is 23.4 Å². The summed E-state index contributed by atoms with van der Waals surface area (Å²) < 4.78 is 11.8. The normalized spacial score (nSPS) is 10.6. The number of thioether (sulfide) groups is 1. The molecule has 0 aliphatic rings. The summed E-state index contributed by atoms with van der Waals surface area (Å²) in [6.45, 7) is 0. The number of hydrogen-bond acceptors (Lipinski definition) is 7. The molecule has 4 aromatic rings. The van der Waals surface area contributed by atoms with E-state index in [4.69, 9.17) is 16.3 Å². The van der Waals surface area contributed by atoms with Crippen molar-refractivity contribution in [1.29, 1.82) is 0 Å². The zero-order valence-corrected chi connectivity index (χ0v) is 20.5. The Labute approximate surface area is 211 Å². The molecule has 0 unspecified atom stereocenters. The van der Waals surface area contributed by atoms with Crippen molar-refractivity contribution < 1.29 is 19.1 Å². The third kappa shape index (κ3) is 5.82. The second-order valence-electron chi connectivity index (χ2n) is 7.25. The number of benzene rings is 3. The van der Waals surface area contributed by atoms with Gasteiger partial charge in [-0.3, -0.25) is 9.36 Å². The molecule has 8 nitrogen and oxygen atoms in total. The summed E-state index contributed by atoms with van der Waals surface area (Å²) in [6.07, 6.45) is 0. The maximum Gasteiger partial charge on any atom is 0.337 e. The van der Waals surface area contributed by atoms with Crippen LogP contribution in [0.25, 0.3) is 17.1 Å². The predicted octanol–water partition coefficient (Wildman–Crippen LogP) is 5.11. The first kappa shape index (κ1) is 24.3. The molecule has 0 aliphatic carbocycles. The van der Waals surface area contributed by atoms with Crippen LogP contribution in [0, 0.1) is 0 Å². The lowest BCUT2D eigenvalue weighted by molar-refractivity contribution is -0.113. The summed E-state index contributed by atoms with van der Waals surface area (Å²) in [5.41, 5.74) is 2.63. The minimum Gasteiger partial charge on any atom is -0.497 e. The number of anilines is 1. The molecule has 1 N–H and O–H groups in total. The summed E-state index contributed by atoms with van der Waals surface area (Å²) in [5, 5.41) is 12.7. The molecule has 0 bridgehead atoms. The van der Waals surface area contributed by atoms with Crippen LogP contribution in [0.4, 0.5) is 5.69 Å². The Hall–Kier alpha value is -3.82. The minimum atomic E-state index is -0.437. The number of halogens is 1. The highest BCUT2D eigenvalue weighted by Gasteiger charge is 2.18. The van der Waals surface area contributed by atoms with Gasteiger partial charge >= 0.3 is 5.97 Å². The highest BCUT2D eigenvalue weighted by Crippen LogP contribution is 2.29. The number of carbonyl (C=O) groups excluding carboxylic acids is 2. The molecule has 35 heavy (non-hydrogen) atoms. The number of esters is 1. The first-order chi connectivity index (χ1) is 17.0. The van der Waals surface area contributed by atoms with E-state index < -0.39 is 5.97 Å². The van der Waals surface area contributed by atoms with Gasteiger partial charge in [0.1, 0.15) is 5.75 Å². The van der Waals surface area contributed by atoms with Crippen LogP contribution in [0.2, 0.25) is 5.02 Å². The SMILES string of the molecule is COC(=O)c1ccc(NC(=O)CSc2nnc(-c3ccc(OC)cc3)n2-c2ccc(Cl)cc2)cc1. The van der Waals surface area contributed by atoms with E-state index in [2.05, 4.69) is 20.3 Å². The number of carbonyl (C=O) groups is 2. The van der Waals surface area contributed by atoms with Gasteiger partial charge in [0.15, 0.2) is 11.0 Å². The lowest BCUT2D eigenvalue weighted by Gasteiger charge is -2.11. The summed E-state index contributed by atoms with van der Waals surface area (Å²) in [6, 6.07) is 21.3. The van der Waals surface area contributed by atoms with Crippen LogP contribution in [0.1, 0.15) is 10.4 Å². The Kier molecular flexibility index (Phi) is 7.69. The fourth-order valence-corrected chi connectivity index (χ4v) is 4.13. The van der Waals surface area contributed by atoms with Crippen molar-refractivity contribution in [3.8, 4) is 22.8 Å². The van der Waals surface area contributed by atoms with Crippen LogP contribution >= 0.6 is 23.4 Å². The molecule has 10 heteroatoms. The summed E-state index contributed by atoms with van der Waals surface area (Å²) in [5.74, 6) is 0.797. The zero-order chi connectivity index (χ0) is 24.8. The zero-order valence-electron chi connectivity index (χ0n) is 18.9. The molecule has 1 heterocycles. The topological polar surface area (TPSA) is 95.3 Å². The van der Waals surface area contributed by atoms with Gasteiger partial charge in [0.05, 0.1) is 25.5 Å². The number of ether oxygens (including phenoxy) is 2. The van der Waals surface area contributed by atoms with Gasteiger partial charge in [-0.2, -0.15) is 0 Å². The number of methoxy groups -OCH3 is 2. The first-order valence-corrected chi connectivity index (χ1v) is 11.8. The van der Waals surface area contributed by atoms with Crippen molar-refractivity contribution >= 4 is 40.9 Å². The van der Waals surface area contributed by atoms with Gasteiger partial charge in [-0.25, -0.2) is 4.79 Å². The average Bonchev–Trinajstić information content (AvgIpc) is 3.32. The monoisotopic (exact) mass is 508 g/mol. The quantitative estimate of drug-likeness (QED) is 0.261. The van der Waals surface area contributed by atoms with Gasteiger partial charge in [0.25, 0.3) is 0 Å². The smallest absolute Gasteiger partial charge is 0.337 e. The van der Waals surface area contributed by atoms with Crippen LogP contribution in [0.3, 0.4) is 0 Å². The Morgan fingerprint density at radius 2 is 1.63 bits per heavy atom. The number of hydrogen-bond donors (Lipinski definition) is 1. The summed E-state index contributed by atoms with van der Waals surface area (Å²) >= 11 is 7.33. The largest absolute Gasteiger partial charge is 0.497 e. The molecule has 0 atom stereocenters. The van der Waals surface area contributed by atoms with Crippen molar-refractivity contribution in [2.75, 3.05) is 25.3 Å². The van der Waals surface area contributed by atoms with Crippen molar-refractivity contribution in [2.45, 2.75) is 5.16 Å². The number of amides is 1. The van der Waals surface area contributed by atoms with Crippen LogP contribution in [-0.2, 0) is 9.53 Å². The maximum absolute atomic E-state index is 12.6. The van der Waals surface area contributed by atoms with E-state index in [0.29, 0.717) is 27.3 Å². The van der Waals surface area contributed by atoms with Crippen molar-refractivity contribution in [1.82, 2.24) is 14.8 Å². The molecule has 0 radical (unpaired) electrons. The molecule has 4 rings (SSSR count). The Morgan fingerprint density at radius 3 is 2.26 bits per heavy atom. The van der Waals surface area contributed by atoms with Crippen LogP contribution in [0.5, 0.6) is 5.75 Å². The van der Waals surface area contributed by atoms with Gasteiger partial charge in [-0.15, -0.1) is 10.2 Å². The molecule has 1 aromatic heterocycles. The van der Waals surface area contributed by atoms with Crippen molar-refractivity contribution in [3.63, 3.8) is 0 Å². The molecule has 1 amide bonds. The molecule has 0 spiro atoms. The fourth-order valence-electron chi connectivity index (χ4n) is 3.25. The lowest BCUT2D eigenvalue weighted by Crippen LogP contribution is -2.14. The Bertz CT molecular complexity index is 1320. The lowest BCUT2D eigenvalue weighted by atomic mass is 10.2. The van der Waals surface area contributed by atoms with E-state index in [-0.39, 0.29) is 11.7 Å². The van der Waals surface area contributed by atoms with Crippen molar-refractivity contribution in [2.24, 2.45) is 0 Å². The van der Waals surface area contributed by atoms with E-state index in [1.165, 1.54) is 18.9 Å². The standard InChI is InChI=1S/C25H21ClN4O4S/c1-33-21-13-5-16(6-14-21)23-28-29-25(30(23)20-11-7-18(26)8-12-20)35-15-22(31)27-19-9-3-17(4-10-19)24(32)34-2/h3-14H,15H2,1-2H3,(H,27,31). The van der Waals surface area contributed by atoms with E-state index >= 15 is 0 Å². The second-order valence-corrected chi connectivity index (χ2v) is 8.63. The number of aromatic nitrogens is 3. The fraction of sp³-hybridized carbons (Fsp3) is 0.120. The minimum absolute atomic E-state index is 0.104. The predicted molar refractivity (Wildman–Crippen MR) is 135 cm³/mol. The number of rotatable bonds is 8. The van der Waals surface area contributed by atoms with E-state index in [1.54, 1.807) is 43.5 Å². The maximum atomic E-state index is 12.6. The molecule has 178 valence electrons. The highest BCUT2D eigenvalue weighted by atomic mass is 35.5. The van der Waals surface area contributed by atoms with Gasteiger partial charge in [0, 0.05) is 22.0 Å². The molecule has 3 aromatic carbocycles. The molecule has 0 aliphatic heterocycles. The highest BCUT2D eigenvalue weighted by molar-refractivity contribution is 7.99. The molecule has 0 saturated carbocycles. The van der Waals surface area contributed by atoms with Gasteiger partial charge in [-0.05, 0) is 72.8 Å². The van der Waals surface area contributed by atoms with E-state index in [9.17, 15) is 9.59 Å². The average molecular weight is 509 g/mol. The van der Waals surface area contributed by atoms with E-state index in [0.717, 1.165) is 17.0 Å². The summed E-state index contributed by atoms with van der Waals surface area (Å²) in [4.78, 5) is 24.2. The second kappa shape index (κ2) is 11.1. The number of nitrogens with one attached hydrogen (secondary N) is 1. The van der Waals surface area contributed by atoms with Crippen molar-refractivity contribution in [3.05, 3.63) is 83.4 Å². The van der Waals surface area contributed by atoms with Crippen LogP contribution in [0.15, 0.2) is 78.0 Å². The Morgan fingerprint density at radius 1 is 0.943 bits per heavy atom. The molecular formula is C25H21ClN4O4S. The Balaban J connectivity index is 1.53. The molecule has 0 saturated heterocycles. The van der Waals surface area contributed by atoms with Crippen LogP contribution < -0.4 is 10.1 Å². The van der Waals surface area contributed by atoms with E-state index in [1.807, 2.05) is 41.0 Å². The first-order valence-electron chi connectivity index (χ1n) is 10.5. The third-order valence-electron chi connectivity index (χ3n) is 4.99. The van der Waals surface area contributed by atoms with Gasteiger partial charge < -0.3 is 14.8 Å². The molecule has 0 fully saturated rings. The van der Waals surface area contributed by atoms with Crippen LogP contribution in [-0.4, -0.2) is 46.6 Å². The third-order valence-corrected chi connectivity index (χ3v) is 6.17. The molecular weight excluding hydrogens is 488 g/mol. The number of nitrogens with zero attached hydrogens (tertiary/aromatic N) is 3.